The summed E-state index contributed by atoms with van der Waals surface area (Å²) < 4.78 is 0. The fraction of sp³-hybridized carbons (Fsp3) is 0.688. The van der Waals surface area contributed by atoms with Gasteiger partial charge in [0.1, 0.15) is 6.04 Å². The lowest BCUT2D eigenvalue weighted by atomic mass is 9.77. The van der Waals surface area contributed by atoms with Crippen LogP contribution in [0.4, 0.5) is 0 Å². The zero-order valence-corrected chi connectivity index (χ0v) is 13.6. The highest BCUT2D eigenvalue weighted by Crippen LogP contribution is 2.34. The Morgan fingerprint density at radius 3 is 2.75 bits per heavy atom. The smallest absolute Gasteiger partial charge is 0.244 e. The fourth-order valence-electron chi connectivity index (χ4n) is 2.97. The van der Waals surface area contributed by atoms with E-state index >= 15 is 0 Å². The van der Waals surface area contributed by atoms with E-state index in [-0.39, 0.29) is 5.91 Å². The first kappa shape index (κ1) is 15.5. The van der Waals surface area contributed by atoms with Crippen molar-refractivity contribution in [2.45, 2.75) is 46.1 Å². The number of nitrogens with zero attached hydrogens (tertiary/aromatic N) is 1. The van der Waals surface area contributed by atoms with E-state index in [2.05, 4.69) is 20.8 Å². The van der Waals surface area contributed by atoms with Gasteiger partial charge in [-0.1, -0.05) is 26.8 Å². The molecule has 2 heterocycles. The van der Waals surface area contributed by atoms with Crippen LogP contribution in [0.5, 0.6) is 0 Å². The van der Waals surface area contributed by atoms with Gasteiger partial charge in [-0.2, -0.15) is 0 Å². The summed E-state index contributed by atoms with van der Waals surface area (Å²) >= 11 is 1.56. The maximum absolute atomic E-state index is 12.5. The first-order valence-electron chi connectivity index (χ1n) is 7.47. The van der Waals surface area contributed by atoms with Gasteiger partial charge in [-0.25, -0.2) is 0 Å². The zero-order valence-electron chi connectivity index (χ0n) is 12.8. The average Bonchev–Trinajstić information content (AvgIpc) is 2.79. The van der Waals surface area contributed by atoms with Crippen LogP contribution in [0.2, 0.25) is 0 Å². The summed E-state index contributed by atoms with van der Waals surface area (Å²) in [6.45, 7) is 8.59. The third-order valence-electron chi connectivity index (χ3n) is 4.38. The Bertz CT molecular complexity index is 436. The lowest BCUT2D eigenvalue weighted by Gasteiger charge is -2.30. The number of likely N-dealkylation sites (tertiary alicyclic amines) is 1. The molecule has 2 atom stereocenters. The normalized spacial score (nSPS) is 22.4. The number of nitrogens with two attached hydrogens (primary N) is 1. The lowest BCUT2D eigenvalue weighted by molar-refractivity contribution is -0.132. The standard InChI is InChI=1S/C16H26N2OS/c1-16(2,3)12-6-4-9-18(10-8-12)15(19)14(17)13-7-5-11-20-13/h5,7,11-12,14H,4,6,8-10,17H2,1-3H3. The van der Waals surface area contributed by atoms with Crippen molar-refractivity contribution in [2.24, 2.45) is 17.1 Å². The molecule has 1 saturated heterocycles. The Balaban J connectivity index is 1.98. The van der Waals surface area contributed by atoms with Gasteiger partial charge in [0.25, 0.3) is 0 Å². The minimum Gasteiger partial charge on any atom is -0.341 e. The van der Waals surface area contributed by atoms with Crippen LogP contribution in [-0.4, -0.2) is 23.9 Å². The molecule has 1 aliphatic heterocycles. The number of hydrogen-bond acceptors (Lipinski definition) is 3. The highest BCUT2D eigenvalue weighted by molar-refractivity contribution is 7.10. The molecule has 112 valence electrons. The Hall–Kier alpha value is -0.870. The molecule has 0 aromatic carbocycles. The van der Waals surface area contributed by atoms with Gasteiger partial charge in [0.05, 0.1) is 0 Å². The minimum absolute atomic E-state index is 0.0852. The molecule has 1 aromatic heterocycles. The first-order valence-corrected chi connectivity index (χ1v) is 8.35. The molecule has 0 aliphatic carbocycles. The number of thiophene rings is 1. The van der Waals surface area contributed by atoms with Crippen molar-refractivity contribution in [3.8, 4) is 0 Å². The van der Waals surface area contributed by atoms with Gasteiger partial charge >= 0.3 is 0 Å². The molecule has 1 aliphatic rings. The summed E-state index contributed by atoms with van der Waals surface area (Å²) in [7, 11) is 0. The van der Waals surface area contributed by atoms with Crippen LogP contribution in [0.3, 0.4) is 0 Å². The molecule has 0 spiro atoms. The van der Waals surface area contributed by atoms with Crippen LogP contribution in [0.25, 0.3) is 0 Å². The van der Waals surface area contributed by atoms with Crippen LogP contribution in [0, 0.1) is 11.3 Å². The second kappa shape index (κ2) is 6.27. The number of carbonyl (C=O) groups excluding carboxylic acids is 1. The second-order valence-electron chi connectivity index (χ2n) is 6.81. The Kier molecular flexibility index (Phi) is 4.86. The van der Waals surface area contributed by atoms with Gasteiger partial charge in [-0.05, 0) is 42.0 Å². The van der Waals surface area contributed by atoms with Crippen molar-refractivity contribution in [1.82, 2.24) is 4.90 Å². The average molecular weight is 294 g/mol. The molecule has 1 aromatic rings. The van der Waals surface area contributed by atoms with E-state index in [1.165, 1.54) is 6.42 Å². The highest BCUT2D eigenvalue weighted by Gasteiger charge is 2.30. The van der Waals surface area contributed by atoms with Gasteiger partial charge in [0.2, 0.25) is 5.91 Å². The fourth-order valence-corrected chi connectivity index (χ4v) is 3.69. The van der Waals surface area contributed by atoms with Crippen LogP contribution < -0.4 is 5.73 Å². The maximum Gasteiger partial charge on any atom is 0.244 e. The Labute approximate surface area is 126 Å². The topological polar surface area (TPSA) is 46.3 Å². The second-order valence-corrected chi connectivity index (χ2v) is 7.79. The van der Waals surface area contributed by atoms with Crippen molar-refractivity contribution < 1.29 is 4.79 Å². The van der Waals surface area contributed by atoms with Gasteiger partial charge < -0.3 is 10.6 Å². The van der Waals surface area contributed by atoms with Gasteiger partial charge in [0, 0.05) is 18.0 Å². The van der Waals surface area contributed by atoms with Crippen LogP contribution in [0.15, 0.2) is 17.5 Å². The van der Waals surface area contributed by atoms with E-state index in [1.54, 1.807) is 11.3 Å². The molecule has 0 radical (unpaired) electrons. The third-order valence-corrected chi connectivity index (χ3v) is 5.34. The van der Waals surface area contributed by atoms with E-state index in [1.807, 2.05) is 22.4 Å². The van der Waals surface area contributed by atoms with Crippen molar-refractivity contribution in [1.29, 1.82) is 0 Å². The number of hydrogen-bond donors (Lipinski definition) is 1. The molecular weight excluding hydrogens is 268 g/mol. The van der Waals surface area contributed by atoms with E-state index in [4.69, 9.17) is 5.73 Å². The monoisotopic (exact) mass is 294 g/mol. The number of amides is 1. The molecule has 0 saturated carbocycles. The van der Waals surface area contributed by atoms with E-state index in [0.29, 0.717) is 11.3 Å². The number of carbonyl (C=O) groups is 1. The van der Waals surface area contributed by atoms with Crippen molar-refractivity contribution in [3.05, 3.63) is 22.4 Å². The summed E-state index contributed by atoms with van der Waals surface area (Å²) in [5, 5.41) is 1.97. The van der Waals surface area contributed by atoms with Crippen LogP contribution in [-0.2, 0) is 4.79 Å². The third kappa shape index (κ3) is 3.61. The predicted octanol–water partition coefficient (Wildman–Crippen LogP) is 3.42. The van der Waals surface area contributed by atoms with Crippen molar-refractivity contribution in [3.63, 3.8) is 0 Å². The molecule has 2 rings (SSSR count). The van der Waals surface area contributed by atoms with Crippen molar-refractivity contribution in [2.75, 3.05) is 13.1 Å². The molecule has 3 nitrogen and oxygen atoms in total. The Morgan fingerprint density at radius 1 is 1.40 bits per heavy atom. The van der Waals surface area contributed by atoms with Crippen LogP contribution >= 0.6 is 11.3 Å². The van der Waals surface area contributed by atoms with E-state index in [0.717, 1.165) is 30.8 Å². The molecule has 1 amide bonds. The lowest BCUT2D eigenvalue weighted by Crippen LogP contribution is -2.39. The first-order chi connectivity index (χ1) is 9.39. The van der Waals surface area contributed by atoms with Gasteiger partial charge in [0.15, 0.2) is 0 Å². The zero-order chi connectivity index (χ0) is 14.8. The van der Waals surface area contributed by atoms with Gasteiger partial charge in [-0.3, -0.25) is 4.79 Å². The Morgan fingerprint density at radius 2 is 2.15 bits per heavy atom. The summed E-state index contributed by atoms with van der Waals surface area (Å²) in [6.07, 6.45) is 3.39. The van der Waals surface area contributed by atoms with Gasteiger partial charge in [-0.15, -0.1) is 11.3 Å². The van der Waals surface area contributed by atoms with E-state index in [9.17, 15) is 4.79 Å². The maximum atomic E-state index is 12.5. The summed E-state index contributed by atoms with van der Waals surface area (Å²) in [4.78, 5) is 15.4. The highest BCUT2D eigenvalue weighted by atomic mass is 32.1. The molecule has 2 unspecified atom stereocenters. The molecular formula is C16H26N2OS. The SMILES string of the molecule is CC(C)(C)C1CCCN(C(=O)C(N)c2cccs2)CC1. The summed E-state index contributed by atoms with van der Waals surface area (Å²) in [5.41, 5.74) is 6.43. The molecule has 1 fully saturated rings. The molecule has 20 heavy (non-hydrogen) atoms. The number of rotatable bonds is 2. The quantitative estimate of drug-likeness (QED) is 0.908. The van der Waals surface area contributed by atoms with Crippen LogP contribution in [0.1, 0.15) is 51.0 Å². The van der Waals surface area contributed by atoms with Crippen molar-refractivity contribution >= 4 is 17.2 Å². The summed E-state index contributed by atoms with van der Waals surface area (Å²) in [5.74, 6) is 0.778. The largest absolute Gasteiger partial charge is 0.341 e. The molecule has 0 bridgehead atoms. The molecule has 2 N–H and O–H groups in total. The summed E-state index contributed by atoms with van der Waals surface area (Å²) in [6, 6.07) is 3.41. The minimum atomic E-state index is -0.485. The predicted molar refractivity (Wildman–Crippen MR) is 84.6 cm³/mol. The van der Waals surface area contributed by atoms with E-state index < -0.39 is 6.04 Å². The molecule has 4 heteroatoms.